The molecule has 1 aromatic carbocycles. The van der Waals surface area contributed by atoms with E-state index in [0.29, 0.717) is 6.42 Å². The summed E-state index contributed by atoms with van der Waals surface area (Å²) in [5, 5.41) is 12.3. The number of para-hydroxylation sites is 2. The fraction of sp³-hybridized carbons (Fsp3) is 0.214. The minimum absolute atomic E-state index is 0.508. The first-order chi connectivity index (χ1) is 9.15. The Kier molecular flexibility index (Phi) is 3.43. The van der Waals surface area contributed by atoms with Gasteiger partial charge in [-0.05, 0) is 34.1 Å². The molecule has 5 heteroatoms. The number of benzene rings is 1. The highest BCUT2D eigenvalue weighted by molar-refractivity contribution is 9.10. The molecule has 0 aliphatic rings. The molecule has 98 valence electrons. The third-order valence-corrected chi connectivity index (χ3v) is 4.97. The summed E-state index contributed by atoms with van der Waals surface area (Å²) in [5.74, 6) is 0.901. The summed E-state index contributed by atoms with van der Waals surface area (Å²) >= 11 is 4.96. The second-order valence-corrected chi connectivity index (χ2v) is 6.32. The van der Waals surface area contributed by atoms with Crippen LogP contribution in [0, 0.1) is 0 Å². The maximum absolute atomic E-state index is 10.3. The normalized spacial score (nSPS) is 13.0. The van der Waals surface area contributed by atoms with Crippen molar-refractivity contribution in [3.63, 3.8) is 0 Å². The number of rotatable bonds is 3. The molecule has 3 aromatic rings. The van der Waals surface area contributed by atoms with Crippen molar-refractivity contribution in [3.05, 3.63) is 50.9 Å². The van der Waals surface area contributed by atoms with Gasteiger partial charge in [-0.2, -0.15) is 0 Å². The summed E-state index contributed by atoms with van der Waals surface area (Å²) in [4.78, 5) is 5.54. The van der Waals surface area contributed by atoms with Gasteiger partial charge in [-0.15, -0.1) is 11.3 Å². The van der Waals surface area contributed by atoms with E-state index in [9.17, 15) is 5.11 Å². The van der Waals surface area contributed by atoms with Crippen LogP contribution in [0.2, 0.25) is 0 Å². The van der Waals surface area contributed by atoms with Crippen LogP contribution in [0.4, 0.5) is 0 Å². The van der Waals surface area contributed by atoms with Gasteiger partial charge in [0, 0.05) is 28.2 Å². The smallest absolute Gasteiger partial charge is 0.112 e. The highest BCUT2D eigenvalue weighted by Gasteiger charge is 2.15. The molecule has 0 aliphatic carbocycles. The van der Waals surface area contributed by atoms with Gasteiger partial charge < -0.3 is 9.67 Å². The average molecular weight is 337 g/mol. The fourth-order valence-corrected chi connectivity index (χ4v) is 3.59. The van der Waals surface area contributed by atoms with Crippen LogP contribution >= 0.6 is 27.3 Å². The van der Waals surface area contributed by atoms with Gasteiger partial charge in [0.05, 0.1) is 17.1 Å². The van der Waals surface area contributed by atoms with Crippen LogP contribution in [-0.2, 0) is 13.5 Å². The van der Waals surface area contributed by atoms with Gasteiger partial charge in [-0.1, -0.05) is 12.1 Å². The number of hydrogen-bond donors (Lipinski definition) is 1. The number of aliphatic hydroxyl groups is 1. The third-order valence-electron chi connectivity index (χ3n) is 3.17. The average Bonchev–Trinajstić information content (AvgIpc) is 2.96. The molecular weight excluding hydrogens is 324 g/mol. The molecule has 1 N–H and O–H groups in total. The lowest BCUT2D eigenvalue weighted by Gasteiger charge is -2.08. The standard InChI is InChI=1S/C14H13BrN2OS/c1-17-11-5-3-2-4-10(11)16-14(17)7-12(18)13-6-9(15)8-19-13/h2-6,8,12,18H,7H2,1H3. The van der Waals surface area contributed by atoms with Gasteiger partial charge in [0.25, 0.3) is 0 Å². The highest BCUT2D eigenvalue weighted by atomic mass is 79.9. The fourth-order valence-electron chi connectivity index (χ4n) is 2.15. The molecule has 2 aromatic heterocycles. The van der Waals surface area contributed by atoms with Crippen LogP contribution in [0.1, 0.15) is 16.8 Å². The Bertz CT molecular complexity index is 719. The summed E-state index contributed by atoms with van der Waals surface area (Å²) < 4.78 is 3.05. The van der Waals surface area contributed by atoms with Gasteiger partial charge in [0.15, 0.2) is 0 Å². The Morgan fingerprint density at radius 2 is 2.21 bits per heavy atom. The predicted octanol–water partition coefficient (Wildman–Crippen LogP) is 3.67. The monoisotopic (exact) mass is 336 g/mol. The molecule has 0 amide bonds. The molecular formula is C14H13BrN2OS. The number of imidazole rings is 1. The number of thiophene rings is 1. The van der Waals surface area contributed by atoms with E-state index in [1.807, 2.05) is 47.3 Å². The number of aliphatic hydroxyl groups excluding tert-OH is 1. The second kappa shape index (κ2) is 5.07. The molecule has 0 saturated carbocycles. The molecule has 0 bridgehead atoms. The molecule has 19 heavy (non-hydrogen) atoms. The topological polar surface area (TPSA) is 38.0 Å². The third kappa shape index (κ3) is 2.45. The molecule has 1 unspecified atom stereocenters. The molecule has 0 saturated heterocycles. The second-order valence-electron chi connectivity index (χ2n) is 4.46. The van der Waals surface area contributed by atoms with Gasteiger partial charge in [0.1, 0.15) is 5.82 Å². The summed E-state index contributed by atoms with van der Waals surface area (Å²) in [6.07, 6.45) is 0.0183. The van der Waals surface area contributed by atoms with Crippen LogP contribution in [0.15, 0.2) is 40.2 Å². The van der Waals surface area contributed by atoms with Gasteiger partial charge in [-0.3, -0.25) is 0 Å². The number of nitrogens with zero attached hydrogens (tertiary/aromatic N) is 2. The van der Waals surface area contributed by atoms with Crippen LogP contribution in [0.3, 0.4) is 0 Å². The Balaban J connectivity index is 1.91. The molecule has 0 fully saturated rings. The number of halogens is 1. The number of aromatic nitrogens is 2. The van der Waals surface area contributed by atoms with E-state index < -0.39 is 6.10 Å². The first kappa shape index (κ1) is 12.8. The van der Waals surface area contributed by atoms with Crippen molar-refractivity contribution in [2.75, 3.05) is 0 Å². The SMILES string of the molecule is Cn1c(CC(O)c2cc(Br)cs2)nc2ccccc21. The zero-order valence-electron chi connectivity index (χ0n) is 10.4. The van der Waals surface area contributed by atoms with Crippen molar-refractivity contribution >= 4 is 38.3 Å². The summed E-state index contributed by atoms with van der Waals surface area (Å²) in [6, 6.07) is 9.97. The van der Waals surface area contributed by atoms with E-state index in [2.05, 4.69) is 20.9 Å². The number of hydrogen-bond acceptors (Lipinski definition) is 3. The quantitative estimate of drug-likeness (QED) is 0.792. The van der Waals surface area contributed by atoms with E-state index in [-0.39, 0.29) is 0 Å². The zero-order chi connectivity index (χ0) is 13.4. The van der Waals surface area contributed by atoms with Crippen LogP contribution in [0.25, 0.3) is 11.0 Å². The lowest BCUT2D eigenvalue weighted by Crippen LogP contribution is -2.05. The molecule has 0 aliphatic heterocycles. The summed E-state index contributed by atoms with van der Waals surface area (Å²) in [6.45, 7) is 0. The molecule has 2 heterocycles. The molecule has 1 atom stereocenters. The van der Waals surface area contributed by atoms with Crippen LogP contribution in [-0.4, -0.2) is 14.7 Å². The van der Waals surface area contributed by atoms with Gasteiger partial charge in [-0.25, -0.2) is 4.98 Å². The summed E-state index contributed by atoms with van der Waals surface area (Å²) in [7, 11) is 1.99. The molecule has 3 rings (SSSR count). The first-order valence-corrected chi connectivity index (χ1v) is 7.65. The Morgan fingerprint density at radius 1 is 1.42 bits per heavy atom. The lowest BCUT2D eigenvalue weighted by molar-refractivity contribution is 0.179. The van der Waals surface area contributed by atoms with Crippen molar-refractivity contribution < 1.29 is 5.11 Å². The maximum Gasteiger partial charge on any atom is 0.112 e. The van der Waals surface area contributed by atoms with Crippen molar-refractivity contribution in [3.8, 4) is 0 Å². The Morgan fingerprint density at radius 3 is 2.89 bits per heavy atom. The number of fused-ring (bicyclic) bond motifs is 1. The van der Waals surface area contributed by atoms with Crippen LogP contribution < -0.4 is 0 Å². The predicted molar refractivity (Wildman–Crippen MR) is 81.4 cm³/mol. The van der Waals surface area contributed by atoms with E-state index in [0.717, 1.165) is 26.2 Å². The number of aryl methyl sites for hydroxylation is 1. The van der Waals surface area contributed by atoms with E-state index in [1.165, 1.54) is 0 Å². The zero-order valence-corrected chi connectivity index (χ0v) is 12.8. The Hall–Kier alpha value is -1.17. The minimum Gasteiger partial charge on any atom is -0.387 e. The largest absolute Gasteiger partial charge is 0.387 e. The van der Waals surface area contributed by atoms with E-state index >= 15 is 0 Å². The van der Waals surface area contributed by atoms with Crippen molar-refractivity contribution in [1.82, 2.24) is 9.55 Å². The summed E-state index contributed by atoms with van der Waals surface area (Å²) in [5.41, 5.74) is 2.07. The maximum atomic E-state index is 10.3. The minimum atomic E-state index is -0.508. The Labute approximate surface area is 123 Å². The molecule has 0 spiro atoms. The van der Waals surface area contributed by atoms with Crippen molar-refractivity contribution in [1.29, 1.82) is 0 Å². The first-order valence-electron chi connectivity index (χ1n) is 5.97. The molecule has 3 nitrogen and oxygen atoms in total. The highest BCUT2D eigenvalue weighted by Crippen LogP contribution is 2.28. The van der Waals surface area contributed by atoms with Crippen molar-refractivity contribution in [2.24, 2.45) is 7.05 Å². The van der Waals surface area contributed by atoms with E-state index in [1.54, 1.807) is 11.3 Å². The lowest BCUT2D eigenvalue weighted by atomic mass is 10.2. The van der Waals surface area contributed by atoms with Crippen molar-refractivity contribution in [2.45, 2.75) is 12.5 Å². The molecule has 0 radical (unpaired) electrons. The van der Waals surface area contributed by atoms with Gasteiger partial charge in [0.2, 0.25) is 0 Å². The van der Waals surface area contributed by atoms with Crippen LogP contribution in [0.5, 0.6) is 0 Å². The van der Waals surface area contributed by atoms with E-state index in [4.69, 9.17) is 0 Å². The van der Waals surface area contributed by atoms with Gasteiger partial charge >= 0.3 is 0 Å².